The van der Waals surface area contributed by atoms with E-state index in [9.17, 15) is 14.9 Å². The molecular weight excluding hydrogens is 430 g/mol. The Balaban J connectivity index is 1.47. The number of hydrogen-bond acceptors (Lipinski definition) is 6. The number of amides is 2. The van der Waals surface area contributed by atoms with Crippen LogP contribution >= 0.6 is 0 Å². The van der Waals surface area contributed by atoms with Gasteiger partial charge in [0, 0.05) is 51.4 Å². The number of piperazine rings is 1. The van der Waals surface area contributed by atoms with Crippen molar-refractivity contribution in [1.29, 1.82) is 5.26 Å². The molecule has 0 radical (unpaired) electrons. The predicted molar refractivity (Wildman–Crippen MR) is 126 cm³/mol. The summed E-state index contributed by atoms with van der Waals surface area (Å²) in [6.45, 7) is 3.29. The molecule has 3 heterocycles. The van der Waals surface area contributed by atoms with Crippen molar-refractivity contribution in [3.8, 4) is 18.4 Å². The smallest absolute Gasteiger partial charge is 0.298 e. The number of methoxy groups -OCH3 is 1. The summed E-state index contributed by atoms with van der Waals surface area (Å²) in [6.07, 6.45) is 10.9. The molecule has 2 saturated carbocycles. The van der Waals surface area contributed by atoms with Gasteiger partial charge < -0.3 is 19.4 Å². The fourth-order valence-corrected chi connectivity index (χ4v) is 5.48. The molecule has 1 aromatic rings. The molecule has 1 aromatic heterocycles. The van der Waals surface area contributed by atoms with Crippen molar-refractivity contribution in [2.45, 2.75) is 57.0 Å². The Kier molecular flexibility index (Phi) is 6.18. The van der Waals surface area contributed by atoms with Crippen LogP contribution in [-0.2, 0) is 27.3 Å². The van der Waals surface area contributed by atoms with Crippen molar-refractivity contribution in [3.63, 3.8) is 0 Å². The van der Waals surface area contributed by atoms with Crippen molar-refractivity contribution >= 4 is 17.6 Å². The number of carbonyl (C=O) groups excluding carboxylic acids is 2. The van der Waals surface area contributed by atoms with E-state index in [0.29, 0.717) is 75.4 Å². The number of pyridine rings is 1. The number of terminal acetylenes is 1. The molecule has 0 aromatic carbocycles. The molecule has 178 valence electrons. The second-order valence-corrected chi connectivity index (χ2v) is 9.84. The van der Waals surface area contributed by atoms with Crippen LogP contribution in [0.3, 0.4) is 0 Å². The number of nitrogens with zero attached hydrogens (tertiary/aromatic N) is 5. The number of carbonyl (C=O) groups is 2. The number of fused-ring (bicyclic) bond motifs is 1. The number of hydrogen-bond donors (Lipinski definition) is 0. The third-order valence-corrected chi connectivity index (χ3v) is 7.62. The predicted octanol–water partition coefficient (Wildman–Crippen LogP) is 1.81. The van der Waals surface area contributed by atoms with Crippen LogP contribution in [0.2, 0.25) is 0 Å². The Hall–Kier alpha value is -3.10. The average molecular weight is 462 g/mol. The van der Waals surface area contributed by atoms with E-state index in [1.165, 1.54) is 0 Å². The van der Waals surface area contributed by atoms with E-state index in [1.54, 1.807) is 12.0 Å². The van der Waals surface area contributed by atoms with Gasteiger partial charge >= 0.3 is 0 Å². The minimum atomic E-state index is -0.335. The van der Waals surface area contributed by atoms with Crippen LogP contribution in [0, 0.1) is 29.6 Å². The molecule has 1 atom stereocenters. The van der Waals surface area contributed by atoms with E-state index in [4.69, 9.17) is 16.1 Å². The van der Waals surface area contributed by atoms with Crippen molar-refractivity contribution in [2.75, 3.05) is 44.8 Å². The van der Waals surface area contributed by atoms with E-state index in [2.05, 4.69) is 16.9 Å². The van der Waals surface area contributed by atoms with Gasteiger partial charge in [0.1, 0.15) is 11.9 Å². The summed E-state index contributed by atoms with van der Waals surface area (Å²) in [5.74, 6) is 3.68. The first-order chi connectivity index (χ1) is 16.5. The van der Waals surface area contributed by atoms with Crippen LogP contribution in [-0.4, -0.2) is 72.5 Å². The number of anilines is 1. The summed E-state index contributed by atoms with van der Waals surface area (Å²) in [4.78, 5) is 36.1. The number of rotatable bonds is 6. The molecule has 5 rings (SSSR count). The first kappa shape index (κ1) is 22.7. The number of ether oxygens (including phenoxy) is 1. The zero-order valence-electron chi connectivity index (χ0n) is 19.8. The lowest BCUT2D eigenvalue weighted by molar-refractivity contribution is -0.135. The maximum atomic E-state index is 12.8. The first-order valence-corrected chi connectivity index (χ1v) is 12.3. The van der Waals surface area contributed by atoms with Crippen LogP contribution in [0.5, 0.6) is 0 Å². The van der Waals surface area contributed by atoms with Crippen LogP contribution in [0.1, 0.15) is 60.4 Å². The highest BCUT2D eigenvalue weighted by molar-refractivity contribution is 5.93. The van der Waals surface area contributed by atoms with Crippen LogP contribution < -0.4 is 4.90 Å². The molecular formula is C26H31N5O3. The minimum Gasteiger partial charge on any atom is -0.384 e. The Morgan fingerprint density at radius 3 is 2.62 bits per heavy atom. The summed E-state index contributed by atoms with van der Waals surface area (Å²) in [5, 5.41) is 10.2. The quantitative estimate of drug-likeness (QED) is 0.601. The zero-order valence-corrected chi connectivity index (χ0v) is 19.8. The Bertz CT molecular complexity index is 1080. The number of nitriles is 1. The van der Waals surface area contributed by atoms with Crippen molar-refractivity contribution in [2.24, 2.45) is 5.92 Å². The van der Waals surface area contributed by atoms with E-state index in [1.807, 2.05) is 4.90 Å². The molecule has 3 fully saturated rings. The Labute approximate surface area is 200 Å². The van der Waals surface area contributed by atoms with Gasteiger partial charge in [0.25, 0.3) is 5.91 Å². The van der Waals surface area contributed by atoms with Gasteiger partial charge in [-0.05, 0) is 55.1 Å². The molecule has 34 heavy (non-hydrogen) atoms. The minimum absolute atomic E-state index is 0.131. The van der Waals surface area contributed by atoms with Crippen molar-refractivity contribution in [1.82, 2.24) is 14.8 Å². The lowest BCUT2D eigenvalue weighted by Crippen LogP contribution is -2.56. The summed E-state index contributed by atoms with van der Waals surface area (Å²) >= 11 is 0. The monoisotopic (exact) mass is 461 g/mol. The molecule has 8 nitrogen and oxygen atoms in total. The highest BCUT2D eigenvalue weighted by Crippen LogP contribution is 2.45. The van der Waals surface area contributed by atoms with Gasteiger partial charge in [0.2, 0.25) is 5.91 Å². The lowest BCUT2D eigenvalue weighted by Gasteiger charge is -2.43. The third-order valence-electron chi connectivity index (χ3n) is 7.62. The largest absolute Gasteiger partial charge is 0.384 e. The van der Waals surface area contributed by atoms with Gasteiger partial charge in [-0.3, -0.25) is 9.59 Å². The van der Waals surface area contributed by atoms with Gasteiger partial charge in [-0.25, -0.2) is 4.98 Å². The normalized spacial score (nSPS) is 22.1. The zero-order chi connectivity index (χ0) is 23.8. The molecule has 1 saturated heterocycles. The fourth-order valence-electron chi connectivity index (χ4n) is 5.48. The molecule has 0 unspecified atom stereocenters. The standard InChI is InChI=1S/C26H31N5O3/c1-3-23(32)29-10-8-19-21(15-29)20(14-27)26(28-25(19)18-6-7-18)30-11-12-31(24(33)9-13-34-2)22(16-30)17-4-5-17/h1,17-18,22H,4-13,15-16H2,2H3/t22-/m0/s1. The van der Waals surface area contributed by atoms with Gasteiger partial charge in [-0.15, -0.1) is 6.42 Å². The molecule has 2 amide bonds. The fraction of sp³-hybridized carbons (Fsp3) is 0.615. The van der Waals surface area contributed by atoms with Gasteiger partial charge in [-0.1, -0.05) is 0 Å². The van der Waals surface area contributed by atoms with Crippen molar-refractivity contribution in [3.05, 3.63) is 22.4 Å². The second-order valence-electron chi connectivity index (χ2n) is 9.84. The van der Waals surface area contributed by atoms with E-state index in [-0.39, 0.29) is 17.9 Å². The Morgan fingerprint density at radius 2 is 1.97 bits per heavy atom. The van der Waals surface area contributed by atoms with Gasteiger partial charge in [-0.2, -0.15) is 5.26 Å². The molecule has 0 bridgehead atoms. The summed E-state index contributed by atoms with van der Waals surface area (Å²) in [6, 6.07) is 2.55. The van der Waals surface area contributed by atoms with E-state index in [0.717, 1.165) is 42.5 Å². The van der Waals surface area contributed by atoms with Crippen molar-refractivity contribution < 1.29 is 14.3 Å². The molecule has 2 aliphatic carbocycles. The maximum Gasteiger partial charge on any atom is 0.298 e. The maximum absolute atomic E-state index is 12.8. The highest BCUT2D eigenvalue weighted by atomic mass is 16.5. The number of aromatic nitrogens is 1. The van der Waals surface area contributed by atoms with E-state index >= 15 is 0 Å². The molecule has 8 heteroatoms. The summed E-state index contributed by atoms with van der Waals surface area (Å²) in [5.41, 5.74) is 3.70. The molecule has 2 aliphatic heterocycles. The van der Waals surface area contributed by atoms with Crippen LogP contribution in [0.25, 0.3) is 0 Å². The highest BCUT2D eigenvalue weighted by Gasteiger charge is 2.42. The summed E-state index contributed by atoms with van der Waals surface area (Å²) in [7, 11) is 1.62. The van der Waals surface area contributed by atoms with E-state index < -0.39 is 0 Å². The lowest BCUT2D eigenvalue weighted by atomic mass is 9.92. The Morgan fingerprint density at radius 1 is 1.18 bits per heavy atom. The molecule has 4 aliphatic rings. The topological polar surface area (TPSA) is 89.8 Å². The van der Waals surface area contributed by atoms with Gasteiger partial charge in [0.05, 0.1) is 24.6 Å². The average Bonchev–Trinajstić information content (AvgIpc) is 3.78. The van der Waals surface area contributed by atoms with Crippen LogP contribution in [0.15, 0.2) is 0 Å². The second kappa shape index (κ2) is 9.27. The summed E-state index contributed by atoms with van der Waals surface area (Å²) < 4.78 is 5.12. The SMILES string of the molecule is C#CC(=O)N1CCc2c(C3CC3)nc(N3CCN(C(=O)CCOC)[C@H](C4CC4)C3)c(C#N)c2C1. The molecule has 0 spiro atoms. The first-order valence-electron chi connectivity index (χ1n) is 12.3. The van der Waals surface area contributed by atoms with Gasteiger partial charge in [0.15, 0.2) is 0 Å². The van der Waals surface area contributed by atoms with Crippen LogP contribution in [0.4, 0.5) is 5.82 Å². The molecule has 0 N–H and O–H groups in total. The third kappa shape index (κ3) is 4.23.